The number of rotatable bonds is 6. The fourth-order valence-electron chi connectivity index (χ4n) is 3.55. The zero-order valence-electron chi connectivity index (χ0n) is 16.9. The fourth-order valence-corrected chi connectivity index (χ4v) is 3.55. The molecule has 0 spiro atoms. The summed E-state index contributed by atoms with van der Waals surface area (Å²) in [6.45, 7) is 4.70. The lowest BCUT2D eigenvalue weighted by Gasteiger charge is -2.08. The molecule has 4 aromatic rings. The molecule has 1 N–H and O–H groups in total. The molecule has 148 valence electrons. The first-order valence-corrected chi connectivity index (χ1v) is 9.90. The van der Waals surface area contributed by atoms with Crippen LogP contribution in [-0.4, -0.2) is 26.4 Å². The van der Waals surface area contributed by atoms with Crippen LogP contribution >= 0.6 is 0 Å². The zero-order valence-corrected chi connectivity index (χ0v) is 16.9. The van der Waals surface area contributed by atoms with Gasteiger partial charge in [-0.1, -0.05) is 43.7 Å². The van der Waals surface area contributed by atoms with Crippen molar-refractivity contribution in [3.05, 3.63) is 64.6 Å². The Hall–Kier alpha value is -3.41. The Bertz CT molecular complexity index is 1210. The second-order valence-corrected chi connectivity index (χ2v) is 6.97. The smallest absolute Gasteiger partial charge is 0.277 e. The number of aromatic nitrogens is 4. The van der Waals surface area contributed by atoms with E-state index in [4.69, 9.17) is 9.72 Å². The number of aryl methyl sites for hydroxylation is 2. The van der Waals surface area contributed by atoms with Gasteiger partial charge in [0.2, 0.25) is 0 Å². The molecule has 0 fully saturated rings. The number of nitrogens with one attached hydrogen (secondary N) is 1. The number of aromatic amines is 1. The molecule has 0 unspecified atom stereocenters. The number of hydrogen-bond acceptors (Lipinski definition) is 4. The highest BCUT2D eigenvalue weighted by Gasteiger charge is 2.15. The highest BCUT2D eigenvalue weighted by molar-refractivity contribution is 5.79. The maximum absolute atomic E-state index is 12.7. The number of nitrogens with zero attached hydrogens (tertiary/aromatic N) is 3. The van der Waals surface area contributed by atoms with Crippen LogP contribution in [0, 0.1) is 0 Å². The van der Waals surface area contributed by atoms with E-state index in [0.29, 0.717) is 23.5 Å². The van der Waals surface area contributed by atoms with Crippen molar-refractivity contribution in [2.45, 2.75) is 26.7 Å². The van der Waals surface area contributed by atoms with E-state index in [1.54, 1.807) is 11.7 Å². The highest BCUT2D eigenvalue weighted by atomic mass is 16.5. The van der Waals surface area contributed by atoms with Gasteiger partial charge in [-0.25, -0.2) is 4.98 Å². The molecule has 6 heteroatoms. The van der Waals surface area contributed by atoms with E-state index >= 15 is 0 Å². The van der Waals surface area contributed by atoms with Crippen molar-refractivity contribution in [2.75, 3.05) is 6.61 Å². The monoisotopic (exact) mass is 388 g/mol. The molecule has 6 nitrogen and oxygen atoms in total. The minimum Gasteiger partial charge on any atom is -0.494 e. The molecule has 0 aliphatic heterocycles. The fraction of sp³-hybridized carbons (Fsp3) is 0.261. The van der Waals surface area contributed by atoms with Crippen LogP contribution in [0.4, 0.5) is 0 Å². The molecule has 0 aliphatic rings. The number of fused-ring (bicyclic) bond motifs is 1. The van der Waals surface area contributed by atoms with Crippen LogP contribution in [0.2, 0.25) is 0 Å². The van der Waals surface area contributed by atoms with Gasteiger partial charge in [0.1, 0.15) is 17.1 Å². The van der Waals surface area contributed by atoms with Gasteiger partial charge < -0.3 is 9.72 Å². The van der Waals surface area contributed by atoms with Crippen LogP contribution in [0.15, 0.2) is 53.3 Å². The van der Waals surface area contributed by atoms with Gasteiger partial charge in [-0.3, -0.25) is 9.48 Å². The van der Waals surface area contributed by atoms with Crippen molar-refractivity contribution >= 4 is 11.0 Å². The number of benzene rings is 2. The van der Waals surface area contributed by atoms with Gasteiger partial charge >= 0.3 is 0 Å². The number of ether oxygens (including phenoxy) is 1. The topological polar surface area (TPSA) is 72.8 Å². The van der Waals surface area contributed by atoms with Crippen molar-refractivity contribution in [1.29, 1.82) is 0 Å². The van der Waals surface area contributed by atoms with Crippen molar-refractivity contribution in [3.63, 3.8) is 0 Å². The average molecular weight is 388 g/mol. The second kappa shape index (κ2) is 7.91. The van der Waals surface area contributed by atoms with E-state index in [2.05, 4.69) is 17.0 Å². The normalized spacial score (nSPS) is 11.1. The summed E-state index contributed by atoms with van der Waals surface area (Å²) in [4.78, 5) is 20.4. The summed E-state index contributed by atoms with van der Waals surface area (Å²) in [7, 11) is 1.78. The highest BCUT2D eigenvalue weighted by Crippen LogP contribution is 2.27. The van der Waals surface area contributed by atoms with E-state index < -0.39 is 0 Å². The van der Waals surface area contributed by atoms with E-state index in [9.17, 15) is 4.79 Å². The third kappa shape index (κ3) is 3.66. The summed E-state index contributed by atoms with van der Waals surface area (Å²) in [5.74, 6) is 1.41. The molecule has 0 bridgehead atoms. The Morgan fingerprint density at radius 1 is 1.03 bits per heavy atom. The molecule has 0 amide bonds. The van der Waals surface area contributed by atoms with Crippen LogP contribution in [0.3, 0.4) is 0 Å². The maximum Gasteiger partial charge on any atom is 0.277 e. The summed E-state index contributed by atoms with van der Waals surface area (Å²) in [5.41, 5.74) is 4.87. The van der Waals surface area contributed by atoms with Gasteiger partial charge in [-0.2, -0.15) is 5.10 Å². The van der Waals surface area contributed by atoms with Gasteiger partial charge in [-0.05, 0) is 42.7 Å². The Labute approximate surface area is 169 Å². The van der Waals surface area contributed by atoms with Gasteiger partial charge in [0.15, 0.2) is 5.52 Å². The minimum absolute atomic E-state index is 0.172. The number of hydrogen-bond donors (Lipinski definition) is 1. The molecule has 0 saturated carbocycles. The second-order valence-electron chi connectivity index (χ2n) is 6.97. The molecule has 2 aromatic heterocycles. The quantitative estimate of drug-likeness (QED) is 0.533. The predicted molar refractivity (Wildman–Crippen MR) is 115 cm³/mol. The predicted octanol–water partition coefficient (Wildman–Crippen LogP) is 4.34. The van der Waals surface area contributed by atoms with Crippen LogP contribution in [0.25, 0.3) is 33.5 Å². The van der Waals surface area contributed by atoms with E-state index in [-0.39, 0.29) is 5.56 Å². The van der Waals surface area contributed by atoms with Crippen LogP contribution in [-0.2, 0) is 13.5 Å². The summed E-state index contributed by atoms with van der Waals surface area (Å²) >= 11 is 0. The standard InChI is InChI=1S/C23H24N4O2/c1-4-7-19-20-21(27(3)26-19)23(28)25-22(24-20)17-9-6-8-16(14-17)15-10-12-18(13-11-15)29-5-2/h6,8-14H,4-5,7H2,1-3H3,(H,24,25,28). The first kappa shape index (κ1) is 18.9. The molecular weight excluding hydrogens is 364 g/mol. The molecular formula is C23H24N4O2. The van der Waals surface area contributed by atoms with E-state index in [0.717, 1.165) is 41.0 Å². The lowest BCUT2D eigenvalue weighted by atomic mass is 10.0. The van der Waals surface area contributed by atoms with Crippen molar-refractivity contribution in [3.8, 4) is 28.3 Å². The van der Waals surface area contributed by atoms with Crippen molar-refractivity contribution in [1.82, 2.24) is 19.7 Å². The van der Waals surface area contributed by atoms with Gasteiger partial charge in [-0.15, -0.1) is 0 Å². The Morgan fingerprint density at radius 3 is 2.52 bits per heavy atom. The zero-order chi connectivity index (χ0) is 20.4. The van der Waals surface area contributed by atoms with E-state index in [1.165, 1.54) is 0 Å². The SMILES string of the molecule is CCCc1nn(C)c2c(=O)[nH]c(-c3cccc(-c4ccc(OCC)cc4)c3)nc12. The number of H-pyrrole nitrogens is 1. The molecule has 0 saturated heterocycles. The third-order valence-corrected chi connectivity index (χ3v) is 4.88. The largest absolute Gasteiger partial charge is 0.494 e. The summed E-state index contributed by atoms with van der Waals surface area (Å²) in [5, 5.41) is 4.49. The first-order chi connectivity index (χ1) is 14.1. The minimum atomic E-state index is -0.172. The molecule has 2 aromatic carbocycles. The maximum atomic E-state index is 12.7. The molecule has 2 heterocycles. The molecule has 0 radical (unpaired) electrons. The third-order valence-electron chi connectivity index (χ3n) is 4.88. The Morgan fingerprint density at radius 2 is 1.79 bits per heavy atom. The van der Waals surface area contributed by atoms with Gasteiger partial charge in [0.25, 0.3) is 5.56 Å². The summed E-state index contributed by atoms with van der Waals surface area (Å²) in [6.07, 6.45) is 1.74. The van der Waals surface area contributed by atoms with Crippen molar-refractivity contribution < 1.29 is 4.74 Å². The first-order valence-electron chi connectivity index (χ1n) is 9.90. The van der Waals surface area contributed by atoms with E-state index in [1.807, 2.05) is 55.5 Å². The molecule has 29 heavy (non-hydrogen) atoms. The molecule has 4 rings (SSSR count). The van der Waals surface area contributed by atoms with Crippen LogP contribution in [0.5, 0.6) is 5.75 Å². The van der Waals surface area contributed by atoms with Gasteiger partial charge in [0.05, 0.1) is 12.3 Å². The molecule has 0 atom stereocenters. The lowest BCUT2D eigenvalue weighted by Crippen LogP contribution is -2.12. The average Bonchev–Trinajstić information content (AvgIpc) is 3.05. The Kier molecular flexibility index (Phi) is 5.16. The molecule has 0 aliphatic carbocycles. The van der Waals surface area contributed by atoms with Crippen LogP contribution in [0.1, 0.15) is 26.0 Å². The van der Waals surface area contributed by atoms with Crippen LogP contribution < -0.4 is 10.3 Å². The summed E-state index contributed by atoms with van der Waals surface area (Å²) in [6, 6.07) is 16.0. The van der Waals surface area contributed by atoms with Gasteiger partial charge in [0, 0.05) is 12.6 Å². The Balaban J connectivity index is 1.77. The van der Waals surface area contributed by atoms with Crippen molar-refractivity contribution in [2.24, 2.45) is 7.05 Å². The lowest BCUT2D eigenvalue weighted by molar-refractivity contribution is 0.340. The summed E-state index contributed by atoms with van der Waals surface area (Å²) < 4.78 is 7.14.